The van der Waals surface area contributed by atoms with Gasteiger partial charge in [0.05, 0.1) is 17.1 Å². The number of anilines is 1. The highest BCUT2D eigenvalue weighted by atomic mass is 32.2. The summed E-state index contributed by atoms with van der Waals surface area (Å²) >= 11 is 0.813. The minimum atomic E-state index is -1.06. The van der Waals surface area contributed by atoms with Gasteiger partial charge in [0.2, 0.25) is 0 Å². The number of ether oxygens (including phenoxy) is 1. The van der Waals surface area contributed by atoms with Crippen molar-refractivity contribution in [1.82, 2.24) is 5.32 Å². The van der Waals surface area contributed by atoms with Gasteiger partial charge in [0.1, 0.15) is 12.4 Å². The van der Waals surface area contributed by atoms with Gasteiger partial charge in [-0.05, 0) is 35.5 Å². The zero-order chi connectivity index (χ0) is 15.0. The number of carbonyl (C=O) groups excluding carboxylic acids is 2. The predicted octanol–water partition coefficient (Wildman–Crippen LogP) is 1.89. The third-order valence-electron chi connectivity index (χ3n) is 3.02. The Bertz CT molecular complexity index is 685. The molecule has 1 aromatic carbocycles. The number of carbonyl (C=O) groups is 3. The van der Waals surface area contributed by atoms with Crippen LogP contribution in [-0.2, 0) is 4.79 Å². The molecule has 0 radical (unpaired) electrons. The minimum Gasteiger partial charge on any atom is -0.490 e. The number of nitrogens with one attached hydrogen (secondary N) is 1. The van der Waals surface area contributed by atoms with E-state index in [1.165, 1.54) is 4.90 Å². The van der Waals surface area contributed by atoms with Crippen LogP contribution in [0.2, 0.25) is 0 Å². The third-order valence-corrected chi connectivity index (χ3v) is 3.83. The number of amides is 3. The molecule has 21 heavy (non-hydrogen) atoms. The number of hydrogen-bond donors (Lipinski definition) is 2. The topological polar surface area (TPSA) is 95.9 Å². The number of imide groups is 1. The second-order valence-electron chi connectivity index (χ2n) is 4.36. The summed E-state index contributed by atoms with van der Waals surface area (Å²) in [6.45, 7) is 0.544. The lowest BCUT2D eigenvalue weighted by molar-refractivity contribution is -0.115. The molecule has 108 valence electrons. The Balaban J connectivity index is 1.97. The highest BCUT2D eigenvalue weighted by molar-refractivity contribution is 8.18. The van der Waals surface area contributed by atoms with Crippen LogP contribution < -0.4 is 15.0 Å². The molecule has 0 saturated carbocycles. The smallest absolute Gasteiger partial charge is 0.412 e. The highest BCUT2D eigenvalue weighted by Gasteiger charge is 2.26. The molecule has 2 aliphatic rings. The van der Waals surface area contributed by atoms with Crippen LogP contribution in [0.4, 0.5) is 15.3 Å². The monoisotopic (exact) mass is 306 g/mol. The van der Waals surface area contributed by atoms with E-state index in [1.54, 1.807) is 24.3 Å². The SMILES string of the molecule is O=C1NC(=O)C(=Cc2ccc3c(c2)N(C(=O)O)CCO3)S1. The fraction of sp³-hybridized carbons (Fsp3) is 0.154. The van der Waals surface area contributed by atoms with Crippen LogP contribution in [0.1, 0.15) is 5.56 Å². The van der Waals surface area contributed by atoms with E-state index in [0.717, 1.165) is 11.8 Å². The van der Waals surface area contributed by atoms with Crippen molar-refractivity contribution < 1.29 is 24.2 Å². The Labute approximate surface area is 123 Å². The summed E-state index contributed by atoms with van der Waals surface area (Å²) in [6, 6.07) is 4.97. The molecular formula is C13H10N2O5S. The molecule has 0 aliphatic carbocycles. The molecule has 1 saturated heterocycles. The number of nitrogens with zero attached hydrogens (tertiary/aromatic N) is 1. The number of rotatable bonds is 1. The molecule has 2 heterocycles. The van der Waals surface area contributed by atoms with Crippen LogP contribution in [0.25, 0.3) is 6.08 Å². The van der Waals surface area contributed by atoms with E-state index in [2.05, 4.69) is 5.32 Å². The van der Waals surface area contributed by atoms with E-state index < -0.39 is 17.2 Å². The van der Waals surface area contributed by atoms with E-state index in [1.807, 2.05) is 0 Å². The average Bonchev–Trinajstić information content (AvgIpc) is 2.76. The van der Waals surface area contributed by atoms with Crippen molar-refractivity contribution in [3.05, 3.63) is 28.7 Å². The Kier molecular flexibility index (Phi) is 3.30. The summed E-state index contributed by atoms with van der Waals surface area (Å²) in [7, 11) is 0. The van der Waals surface area contributed by atoms with Crippen molar-refractivity contribution in [2.45, 2.75) is 0 Å². The molecule has 2 N–H and O–H groups in total. The van der Waals surface area contributed by atoms with E-state index in [-0.39, 0.29) is 11.4 Å². The minimum absolute atomic E-state index is 0.246. The standard InChI is InChI=1S/C13H10N2O5S/c16-11-10(21-12(17)14-11)6-7-1-2-9-8(5-7)15(13(18)19)3-4-20-9/h1-2,5-6H,3-4H2,(H,18,19)(H,14,16,17). The van der Waals surface area contributed by atoms with Gasteiger partial charge in [0.15, 0.2) is 0 Å². The van der Waals surface area contributed by atoms with Crippen molar-refractivity contribution in [3.63, 3.8) is 0 Å². The van der Waals surface area contributed by atoms with Crippen LogP contribution in [0.15, 0.2) is 23.1 Å². The maximum absolute atomic E-state index is 11.5. The summed E-state index contributed by atoms with van der Waals surface area (Å²) < 4.78 is 5.40. The molecular weight excluding hydrogens is 296 g/mol. The van der Waals surface area contributed by atoms with E-state index >= 15 is 0 Å². The van der Waals surface area contributed by atoms with E-state index in [9.17, 15) is 19.5 Å². The van der Waals surface area contributed by atoms with Crippen molar-refractivity contribution >= 4 is 40.8 Å². The van der Waals surface area contributed by atoms with Crippen LogP contribution in [0.5, 0.6) is 5.75 Å². The summed E-state index contributed by atoms with van der Waals surface area (Å²) in [5.74, 6) is 0.0273. The summed E-state index contributed by atoms with van der Waals surface area (Å²) in [5, 5.41) is 10.9. The first kappa shape index (κ1) is 13.5. The van der Waals surface area contributed by atoms with Crippen LogP contribution >= 0.6 is 11.8 Å². The Morgan fingerprint density at radius 2 is 2.24 bits per heavy atom. The average molecular weight is 306 g/mol. The largest absolute Gasteiger partial charge is 0.490 e. The van der Waals surface area contributed by atoms with Gasteiger partial charge in [-0.25, -0.2) is 4.79 Å². The van der Waals surface area contributed by atoms with Gasteiger partial charge in [-0.15, -0.1) is 0 Å². The van der Waals surface area contributed by atoms with Crippen LogP contribution in [0.3, 0.4) is 0 Å². The van der Waals surface area contributed by atoms with Gasteiger partial charge < -0.3 is 9.84 Å². The quantitative estimate of drug-likeness (QED) is 0.769. The molecule has 0 bridgehead atoms. The first-order chi connectivity index (χ1) is 10.0. The van der Waals surface area contributed by atoms with Gasteiger partial charge in [-0.3, -0.25) is 19.8 Å². The number of thioether (sulfide) groups is 1. The molecule has 1 aromatic rings. The van der Waals surface area contributed by atoms with E-state index in [4.69, 9.17) is 4.74 Å². The third kappa shape index (κ3) is 2.57. The van der Waals surface area contributed by atoms with Gasteiger partial charge >= 0.3 is 6.09 Å². The predicted molar refractivity (Wildman–Crippen MR) is 76.4 cm³/mol. The lowest BCUT2D eigenvalue weighted by Gasteiger charge is -2.27. The van der Waals surface area contributed by atoms with Gasteiger partial charge in [-0.2, -0.15) is 0 Å². The molecule has 8 heteroatoms. The number of benzene rings is 1. The Morgan fingerprint density at radius 3 is 2.90 bits per heavy atom. The molecule has 0 aromatic heterocycles. The van der Waals surface area contributed by atoms with Crippen molar-refractivity contribution in [2.75, 3.05) is 18.1 Å². The molecule has 0 spiro atoms. The summed E-state index contributed by atoms with van der Waals surface area (Å²) in [6.07, 6.45) is 0.479. The number of fused-ring (bicyclic) bond motifs is 1. The first-order valence-corrected chi connectivity index (χ1v) is 6.88. The Morgan fingerprint density at radius 1 is 1.43 bits per heavy atom. The zero-order valence-electron chi connectivity index (χ0n) is 10.7. The van der Waals surface area contributed by atoms with Crippen molar-refractivity contribution in [2.24, 2.45) is 0 Å². The normalized spacial score (nSPS) is 19.2. The van der Waals surface area contributed by atoms with Crippen molar-refractivity contribution in [1.29, 1.82) is 0 Å². The second-order valence-corrected chi connectivity index (χ2v) is 5.38. The molecule has 1 fully saturated rings. The van der Waals surface area contributed by atoms with Gasteiger partial charge in [0.25, 0.3) is 11.1 Å². The van der Waals surface area contributed by atoms with Gasteiger partial charge in [-0.1, -0.05) is 6.07 Å². The van der Waals surface area contributed by atoms with E-state index in [0.29, 0.717) is 23.6 Å². The molecule has 3 rings (SSSR count). The first-order valence-electron chi connectivity index (χ1n) is 6.07. The zero-order valence-corrected chi connectivity index (χ0v) is 11.5. The van der Waals surface area contributed by atoms with Gasteiger partial charge in [0, 0.05) is 0 Å². The molecule has 3 amide bonds. The fourth-order valence-corrected chi connectivity index (χ4v) is 2.78. The molecule has 0 atom stereocenters. The van der Waals surface area contributed by atoms with Crippen LogP contribution in [0, 0.1) is 0 Å². The highest BCUT2D eigenvalue weighted by Crippen LogP contribution is 2.34. The Hall–Kier alpha value is -2.48. The molecule has 2 aliphatic heterocycles. The number of carboxylic acid groups (broad SMARTS) is 1. The molecule has 7 nitrogen and oxygen atoms in total. The summed E-state index contributed by atoms with van der Waals surface area (Å²) in [5.41, 5.74) is 1.05. The van der Waals surface area contributed by atoms with Crippen molar-refractivity contribution in [3.8, 4) is 5.75 Å². The molecule has 0 unspecified atom stereocenters. The lowest BCUT2D eigenvalue weighted by Crippen LogP contribution is -2.36. The number of hydrogen-bond acceptors (Lipinski definition) is 5. The lowest BCUT2D eigenvalue weighted by atomic mass is 10.1. The fourth-order valence-electron chi connectivity index (χ4n) is 2.10. The second kappa shape index (κ2) is 5.13. The maximum Gasteiger partial charge on any atom is 0.412 e. The maximum atomic E-state index is 11.5. The summed E-state index contributed by atoms with van der Waals surface area (Å²) in [4.78, 5) is 35.3. The van der Waals surface area contributed by atoms with Crippen LogP contribution in [-0.4, -0.2) is 35.5 Å².